The molecular formula is C13H10ClNO4. The van der Waals surface area contributed by atoms with E-state index < -0.39 is 11.9 Å². The van der Waals surface area contributed by atoms with Crippen molar-refractivity contribution in [2.24, 2.45) is 7.05 Å². The predicted octanol–water partition coefficient (Wildman–Crippen LogP) is 2.63. The fourth-order valence-electron chi connectivity index (χ4n) is 2.03. The molecular weight excluding hydrogens is 270 g/mol. The molecule has 0 saturated carbocycles. The minimum absolute atomic E-state index is 0.0229. The van der Waals surface area contributed by atoms with Gasteiger partial charge in [0, 0.05) is 34.6 Å². The molecule has 2 aromatic rings. The molecule has 0 spiro atoms. The number of benzene rings is 1. The van der Waals surface area contributed by atoms with Gasteiger partial charge >= 0.3 is 11.9 Å². The second kappa shape index (κ2) is 4.78. The smallest absolute Gasteiger partial charge is 0.353 e. The maximum absolute atomic E-state index is 11.3. The molecule has 1 aromatic heterocycles. The van der Waals surface area contributed by atoms with Crippen molar-refractivity contribution >= 4 is 40.5 Å². The summed E-state index contributed by atoms with van der Waals surface area (Å²) in [6.07, 6.45) is 2.17. The van der Waals surface area contributed by atoms with Gasteiger partial charge in [-0.25, -0.2) is 9.59 Å². The molecule has 0 atom stereocenters. The van der Waals surface area contributed by atoms with Crippen LogP contribution in [0.2, 0.25) is 5.02 Å². The van der Waals surface area contributed by atoms with Crippen molar-refractivity contribution in [1.29, 1.82) is 0 Å². The van der Waals surface area contributed by atoms with Gasteiger partial charge in [-0.2, -0.15) is 0 Å². The van der Waals surface area contributed by atoms with Crippen LogP contribution in [0.1, 0.15) is 16.1 Å². The van der Waals surface area contributed by atoms with Gasteiger partial charge in [-0.1, -0.05) is 11.6 Å². The van der Waals surface area contributed by atoms with Crippen LogP contribution in [-0.4, -0.2) is 26.7 Å². The number of aryl methyl sites for hydroxylation is 1. The van der Waals surface area contributed by atoms with Gasteiger partial charge in [0.05, 0.1) is 0 Å². The monoisotopic (exact) mass is 279 g/mol. The van der Waals surface area contributed by atoms with Crippen molar-refractivity contribution in [3.63, 3.8) is 0 Å². The van der Waals surface area contributed by atoms with E-state index in [1.54, 1.807) is 25.2 Å². The lowest BCUT2D eigenvalue weighted by molar-refractivity contribution is -0.131. The van der Waals surface area contributed by atoms with E-state index in [2.05, 4.69) is 0 Å². The largest absolute Gasteiger partial charge is 0.478 e. The highest BCUT2D eigenvalue weighted by Gasteiger charge is 2.19. The number of carboxylic acid groups (broad SMARTS) is 2. The predicted molar refractivity (Wildman–Crippen MR) is 71.6 cm³/mol. The first-order chi connectivity index (χ1) is 8.91. The van der Waals surface area contributed by atoms with Gasteiger partial charge in [0.25, 0.3) is 0 Å². The molecule has 0 bridgehead atoms. The average Bonchev–Trinajstić information content (AvgIpc) is 2.59. The Balaban J connectivity index is 2.83. The normalized spacial score (nSPS) is 11.3. The summed E-state index contributed by atoms with van der Waals surface area (Å²) < 4.78 is 1.50. The zero-order valence-corrected chi connectivity index (χ0v) is 10.7. The van der Waals surface area contributed by atoms with Gasteiger partial charge in [0.2, 0.25) is 0 Å². The lowest BCUT2D eigenvalue weighted by atomic mass is 10.1. The van der Waals surface area contributed by atoms with Crippen LogP contribution in [0, 0.1) is 0 Å². The first-order valence-corrected chi connectivity index (χ1v) is 5.72. The van der Waals surface area contributed by atoms with Crippen LogP contribution in [0.4, 0.5) is 0 Å². The van der Waals surface area contributed by atoms with Gasteiger partial charge in [-0.15, -0.1) is 0 Å². The van der Waals surface area contributed by atoms with Crippen molar-refractivity contribution in [3.05, 3.63) is 40.6 Å². The molecule has 1 heterocycles. The number of aromatic carboxylic acids is 1. The van der Waals surface area contributed by atoms with Crippen molar-refractivity contribution in [1.82, 2.24) is 4.57 Å². The molecule has 5 nitrogen and oxygen atoms in total. The Hall–Kier alpha value is -2.27. The first-order valence-electron chi connectivity index (χ1n) is 5.34. The van der Waals surface area contributed by atoms with E-state index >= 15 is 0 Å². The van der Waals surface area contributed by atoms with Crippen molar-refractivity contribution in [3.8, 4) is 0 Å². The number of aromatic nitrogens is 1. The lowest BCUT2D eigenvalue weighted by Crippen LogP contribution is -2.05. The molecule has 0 aliphatic rings. The molecule has 0 amide bonds. The molecule has 98 valence electrons. The Kier molecular flexibility index (Phi) is 3.31. The average molecular weight is 280 g/mol. The van der Waals surface area contributed by atoms with Crippen LogP contribution in [0.3, 0.4) is 0 Å². The van der Waals surface area contributed by atoms with Crippen molar-refractivity contribution < 1.29 is 19.8 Å². The summed E-state index contributed by atoms with van der Waals surface area (Å²) in [5.41, 5.74) is 1.02. The fraction of sp³-hybridized carbons (Fsp3) is 0.0769. The summed E-state index contributed by atoms with van der Waals surface area (Å²) >= 11 is 5.90. The molecule has 0 aliphatic heterocycles. The zero-order valence-electron chi connectivity index (χ0n) is 9.92. The van der Waals surface area contributed by atoms with Crippen LogP contribution < -0.4 is 0 Å². The van der Waals surface area contributed by atoms with E-state index in [4.69, 9.17) is 16.7 Å². The van der Waals surface area contributed by atoms with Crippen LogP contribution in [0.25, 0.3) is 17.0 Å². The Morgan fingerprint density at radius 1 is 1.32 bits per heavy atom. The minimum Gasteiger partial charge on any atom is -0.478 e. The van der Waals surface area contributed by atoms with Crippen LogP contribution in [0.15, 0.2) is 24.3 Å². The third-order valence-electron chi connectivity index (χ3n) is 2.80. The van der Waals surface area contributed by atoms with Gasteiger partial charge in [0.1, 0.15) is 5.69 Å². The number of carbonyl (C=O) groups is 2. The molecule has 0 radical (unpaired) electrons. The second-order valence-electron chi connectivity index (χ2n) is 3.96. The number of carboxylic acids is 2. The van der Waals surface area contributed by atoms with Gasteiger partial charge in [0.15, 0.2) is 0 Å². The molecule has 2 N–H and O–H groups in total. The second-order valence-corrected chi connectivity index (χ2v) is 4.40. The standard InChI is InChI=1S/C13H10ClNO4/c1-15-10-4-2-7(14)6-9(10)8(3-5-11(16)17)12(15)13(18)19/h2-6H,1H3,(H,16,17)(H,18,19)/b5-3-. The van der Waals surface area contributed by atoms with Gasteiger partial charge < -0.3 is 14.8 Å². The van der Waals surface area contributed by atoms with E-state index in [9.17, 15) is 14.7 Å². The highest BCUT2D eigenvalue weighted by Crippen LogP contribution is 2.29. The quantitative estimate of drug-likeness (QED) is 0.847. The van der Waals surface area contributed by atoms with Crippen LogP contribution in [-0.2, 0) is 11.8 Å². The molecule has 0 fully saturated rings. The maximum atomic E-state index is 11.3. The molecule has 1 aromatic carbocycles. The SMILES string of the molecule is Cn1c(C(=O)O)c(/C=C\C(=O)O)c2cc(Cl)ccc21. The summed E-state index contributed by atoms with van der Waals surface area (Å²) in [6, 6.07) is 4.97. The Morgan fingerprint density at radius 2 is 2.00 bits per heavy atom. The van der Waals surface area contributed by atoms with Crippen LogP contribution in [0.5, 0.6) is 0 Å². The lowest BCUT2D eigenvalue weighted by Gasteiger charge is -1.99. The maximum Gasteiger partial charge on any atom is 0.353 e. The van der Waals surface area contributed by atoms with E-state index in [-0.39, 0.29) is 5.69 Å². The van der Waals surface area contributed by atoms with Gasteiger partial charge in [-0.05, 0) is 24.3 Å². The number of nitrogens with zero attached hydrogens (tertiary/aromatic N) is 1. The van der Waals surface area contributed by atoms with Crippen molar-refractivity contribution in [2.75, 3.05) is 0 Å². The third kappa shape index (κ3) is 2.32. The molecule has 0 saturated heterocycles. The number of fused-ring (bicyclic) bond motifs is 1. The van der Waals surface area contributed by atoms with E-state index in [0.717, 1.165) is 6.08 Å². The van der Waals surface area contributed by atoms with Crippen LogP contribution >= 0.6 is 11.6 Å². The van der Waals surface area contributed by atoms with E-state index in [1.807, 2.05) is 0 Å². The van der Waals surface area contributed by atoms with E-state index in [1.165, 1.54) is 10.6 Å². The number of rotatable bonds is 3. The molecule has 19 heavy (non-hydrogen) atoms. The van der Waals surface area contributed by atoms with Gasteiger partial charge in [-0.3, -0.25) is 0 Å². The highest BCUT2D eigenvalue weighted by molar-refractivity contribution is 6.31. The number of aliphatic carboxylic acids is 1. The fourth-order valence-corrected chi connectivity index (χ4v) is 2.20. The number of hydrogen-bond acceptors (Lipinski definition) is 2. The summed E-state index contributed by atoms with van der Waals surface area (Å²) in [5, 5.41) is 19.0. The Bertz CT molecular complexity index is 715. The Labute approximate surface area is 113 Å². The third-order valence-corrected chi connectivity index (χ3v) is 3.03. The van der Waals surface area contributed by atoms with E-state index in [0.29, 0.717) is 21.5 Å². The first kappa shape index (κ1) is 13.2. The summed E-state index contributed by atoms with van der Waals surface area (Å²) in [6.45, 7) is 0. The molecule has 6 heteroatoms. The summed E-state index contributed by atoms with van der Waals surface area (Å²) in [7, 11) is 1.61. The minimum atomic E-state index is -1.14. The Morgan fingerprint density at radius 3 is 2.58 bits per heavy atom. The summed E-state index contributed by atoms with van der Waals surface area (Å²) in [5.74, 6) is -2.27. The number of hydrogen-bond donors (Lipinski definition) is 2. The molecule has 2 rings (SSSR count). The molecule has 0 unspecified atom stereocenters. The zero-order chi connectivity index (χ0) is 14.2. The van der Waals surface area contributed by atoms with Crippen molar-refractivity contribution in [2.45, 2.75) is 0 Å². The molecule has 0 aliphatic carbocycles. The number of halogens is 1. The summed E-state index contributed by atoms with van der Waals surface area (Å²) in [4.78, 5) is 21.9. The topological polar surface area (TPSA) is 79.5 Å². The highest BCUT2D eigenvalue weighted by atomic mass is 35.5.